The smallest absolute Gasteiger partial charge is 0.124 e. The highest BCUT2D eigenvalue weighted by Crippen LogP contribution is 2.34. The van der Waals surface area contributed by atoms with Gasteiger partial charge in [0.15, 0.2) is 0 Å². The summed E-state index contributed by atoms with van der Waals surface area (Å²) in [5.74, 6) is -0.193. The molecule has 0 aliphatic rings. The van der Waals surface area contributed by atoms with Crippen molar-refractivity contribution in [3.8, 4) is 0 Å². The summed E-state index contributed by atoms with van der Waals surface area (Å²) in [6, 6.07) is 9.75. The van der Waals surface area contributed by atoms with Gasteiger partial charge in [-0.2, -0.15) is 0 Å². The minimum absolute atomic E-state index is 0.193. The van der Waals surface area contributed by atoms with Crippen molar-refractivity contribution in [2.24, 2.45) is 0 Å². The van der Waals surface area contributed by atoms with Gasteiger partial charge in [0.2, 0.25) is 0 Å². The molecule has 3 aromatic rings. The minimum atomic E-state index is -0.193. The summed E-state index contributed by atoms with van der Waals surface area (Å²) in [4.78, 5) is 1.32. The second kappa shape index (κ2) is 6.57. The van der Waals surface area contributed by atoms with Gasteiger partial charge in [-0.3, -0.25) is 0 Å². The topological polar surface area (TPSA) is 12.0 Å². The summed E-state index contributed by atoms with van der Waals surface area (Å²) >= 11 is 6.96. The summed E-state index contributed by atoms with van der Waals surface area (Å²) < 4.78 is 17.0. The normalized spacial score (nSPS) is 12.9. The molecule has 0 bridgehead atoms. The number of halogens is 2. The van der Waals surface area contributed by atoms with Crippen LogP contribution in [0, 0.1) is 5.82 Å². The Morgan fingerprint density at radius 3 is 2.81 bits per heavy atom. The molecule has 21 heavy (non-hydrogen) atoms. The van der Waals surface area contributed by atoms with Crippen LogP contribution >= 0.6 is 38.6 Å². The van der Waals surface area contributed by atoms with Crippen molar-refractivity contribution in [2.45, 2.75) is 19.4 Å². The molecule has 0 saturated heterocycles. The Kier molecular flexibility index (Phi) is 4.74. The third kappa shape index (κ3) is 3.54. The average molecular weight is 384 g/mol. The van der Waals surface area contributed by atoms with Crippen molar-refractivity contribution in [1.29, 1.82) is 0 Å². The highest BCUT2D eigenvalue weighted by Gasteiger charge is 2.15. The zero-order chi connectivity index (χ0) is 14.8. The number of likely N-dealkylation sites (N-methyl/N-ethyl adjacent to an activating group) is 1. The number of fused-ring (bicyclic) bond motifs is 1. The van der Waals surface area contributed by atoms with Crippen LogP contribution in [0.5, 0.6) is 0 Å². The van der Waals surface area contributed by atoms with Gasteiger partial charge in [0.1, 0.15) is 5.82 Å². The molecule has 0 aliphatic heterocycles. The molecule has 1 N–H and O–H groups in total. The van der Waals surface area contributed by atoms with Gasteiger partial charge in [0.05, 0.1) is 0 Å². The van der Waals surface area contributed by atoms with Gasteiger partial charge < -0.3 is 5.32 Å². The first-order chi connectivity index (χ1) is 10.2. The van der Waals surface area contributed by atoms with Crippen LogP contribution in [0.15, 0.2) is 40.2 Å². The summed E-state index contributed by atoms with van der Waals surface area (Å²) in [6.07, 6.45) is 0.790. The van der Waals surface area contributed by atoms with Gasteiger partial charge >= 0.3 is 0 Å². The Morgan fingerprint density at radius 1 is 1.24 bits per heavy atom. The fourth-order valence-corrected chi connectivity index (χ4v) is 5.15. The molecule has 110 valence electrons. The van der Waals surface area contributed by atoms with E-state index in [4.69, 9.17) is 0 Å². The molecule has 0 saturated carbocycles. The highest BCUT2D eigenvalue weighted by molar-refractivity contribution is 9.10. The predicted molar refractivity (Wildman–Crippen MR) is 93.9 cm³/mol. The maximum Gasteiger partial charge on any atom is 0.124 e. The minimum Gasteiger partial charge on any atom is -0.309 e. The maximum atomic E-state index is 13.5. The molecule has 0 spiro atoms. The quantitative estimate of drug-likeness (QED) is 0.590. The van der Waals surface area contributed by atoms with Crippen LogP contribution in [0.25, 0.3) is 9.40 Å². The van der Waals surface area contributed by atoms with Crippen LogP contribution in [0.2, 0.25) is 0 Å². The Balaban J connectivity index is 1.88. The van der Waals surface area contributed by atoms with E-state index in [1.807, 2.05) is 17.4 Å². The fraction of sp³-hybridized carbons (Fsp3) is 0.250. The monoisotopic (exact) mass is 383 g/mol. The van der Waals surface area contributed by atoms with Gasteiger partial charge in [-0.25, -0.2) is 4.39 Å². The molecule has 1 unspecified atom stereocenters. The molecule has 3 rings (SSSR count). The molecule has 0 aliphatic carbocycles. The van der Waals surface area contributed by atoms with E-state index in [0.29, 0.717) is 0 Å². The third-order valence-electron chi connectivity index (χ3n) is 3.31. The number of thiophene rings is 2. The van der Waals surface area contributed by atoms with Gasteiger partial charge in [0.25, 0.3) is 0 Å². The lowest BCUT2D eigenvalue weighted by atomic mass is 10.0. The largest absolute Gasteiger partial charge is 0.309 e. The fourth-order valence-electron chi connectivity index (χ4n) is 2.44. The molecule has 5 heteroatoms. The van der Waals surface area contributed by atoms with E-state index >= 15 is 0 Å². The number of hydrogen-bond donors (Lipinski definition) is 1. The van der Waals surface area contributed by atoms with Gasteiger partial charge in [-0.15, -0.1) is 22.7 Å². The number of rotatable bonds is 5. The van der Waals surface area contributed by atoms with Crippen LogP contribution < -0.4 is 5.32 Å². The molecule has 0 radical (unpaired) electrons. The first-order valence-corrected chi connectivity index (χ1v) is 9.30. The molecule has 2 heterocycles. The van der Waals surface area contributed by atoms with E-state index < -0.39 is 0 Å². The van der Waals surface area contributed by atoms with Crippen molar-refractivity contribution in [3.05, 3.63) is 56.4 Å². The summed E-state index contributed by atoms with van der Waals surface area (Å²) in [6.45, 7) is 3.00. The lowest BCUT2D eigenvalue weighted by molar-refractivity contribution is 0.554. The zero-order valence-corrected chi connectivity index (χ0v) is 14.7. The lowest BCUT2D eigenvalue weighted by Crippen LogP contribution is -2.22. The summed E-state index contributed by atoms with van der Waals surface area (Å²) in [5, 5.41) is 5.64. The van der Waals surface area contributed by atoms with E-state index in [2.05, 4.69) is 45.7 Å². The second-order valence-corrected chi connectivity index (χ2v) is 7.87. The van der Waals surface area contributed by atoms with Gasteiger partial charge in [-0.05, 0) is 54.2 Å². The van der Waals surface area contributed by atoms with Crippen LogP contribution in [0.1, 0.15) is 23.4 Å². The lowest BCUT2D eigenvalue weighted by Gasteiger charge is -2.16. The molecule has 2 aromatic heterocycles. The average Bonchev–Trinajstić information content (AvgIpc) is 2.97. The van der Waals surface area contributed by atoms with Gasteiger partial charge in [-0.1, -0.05) is 22.9 Å². The van der Waals surface area contributed by atoms with Crippen LogP contribution in [-0.4, -0.2) is 6.54 Å². The van der Waals surface area contributed by atoms with E-state index in [0.717, 1.165) is 23.0 Å². The predicted octanol–water partition coefficient (Wildman–Crippen LogP) is 5.76. The Labute approximate surface area is 139 Å². The molecule has 1 nitrogen and oxygen atoms in total. The molecular formula is C16H15BrFNS2. The van der Waals surface area contributed by atoms with Crippen LogP contribution in [0.4, 0.5) is 4.39 Å². The third-order valence-corrected chi connectivity index (χ3v) is 5.98. The molecule has 1 atom stereocenters. The van der Waals surface area contributed by atoms with E-state index in [1.165, 1.54) is 20.3 Å². The Bertz CT molecular complexity index is 701. The van der Waals surface area contributed by atoms with Crippen molar-refractivity contribution >= 4 is 48.0 Å². The second-order valence-electron chi connectivity index (χ2n) is 4.89. The summed E-state index contributed by atoms with van der Waals surface area (Å²) in [5.41, 5.74) is 1.00. The molecular weight excluding hydrogens is 369 g/mol. The van der Waals surface area contributed by atoms with E-state index in [9.17, 15) is 4.39 Å². The highest BCUT2D eigenvalue weighted by atomic mass is 79.9. The number of benzene rings is 1. The maximum absolute atomic E-state index is 13.5. The molecule has 0 fully saturated rings. The first kappa shape index (κ1) is 15.2. The van der Waals surface area contributed by atoms with Crippen LogP contribution in [-0.2, 0) is 6.42 Å². The number of nitrogens with one attached hydrogen (secondary N) is 1. The standard InChI is InChI=1S/C16H15BrFNS2/c1-2-19-13(7-10-5-11(17)8-12(18)6-10)15-9-16-14(21-15)3-4-20-16/h3-6,8-9,13,19H,2,7H2,1H3. The van der Waals surface area contributed by atoms with Crippen molar-refractivity contribution in [1.82, 2.24) is 5.32 Å². The SMILES string of the molecule is CCNC(Cc1cc(F)cc(Br)c1)c1cc2sccc2s1. The van der Waals surface area contributed by atoms with Crippen molar-refractivity contribution in [2.75, 3.05) is 6.54 Å². The zero-order valence-electron chi connectivity index (χ0n) is 11.5. The molecule has 0 amide bonds. The number of hydrogen-bond acceptors (Lipinski definition) is 3. The Morgan fingerprint density at radius 2 is 2.10 bits per heavy atom. The first-order valence-electron chi connectivity index (χ1n) is 6.81. The Hall–Kier alpha value is -0.750. The van der Waals surface area contributed by atoms with Crippen molar-refractivity contribution in [3.63, 3.8) is 0 Å². The van der Waals surface area contributed by atoms with Gasteiger partial charge in [0, 0.05) is 24.8 Å². The molecule has 1 aromatic carbocycles. The van der Waals surface area contributed by atoms with Crippen LogP contribution in [0.3, 0.4) is 0 Å². The van der Waals surface area contributed by atoms with E-state index in [-0.39, 0.29) is 11.9 Å². The summed E-state index contributed by atoms with van der Waals surface area (Å²) in [7, 11) is 0. The van der Waals surface area contributed by atoms with Crippen molar-refractivity contribution < 1.29 is 4.39 Å². The van der Waals surface area contributed by atoms with E-state index in [1.54, 1.807) is 17.4 Å².